The standard InChI is InChI=1S/C26H16F3N7O.C21H13ClF2N6O.C5H5BFNO2/c27-15-5-6-18-21(10-15)35(13-32-18)26-31-12-19-25(34-26)36(24(33-19)14-4-7-22(29)30-11-14)20-8-9-37-23-16(20)2-1-3-17(23)28;22-20-27-15-9-25-21(29-10-26-14-5-4-11(23)8-17(14)29)28-19(15)30(20)16-6-7-31-18-12(16)2-1-3-13(18)24;7-5-2-1-4(3-8-5)6(9)10/h1-7,10-13,20H,8-9H2;1-5,8-10,16H,6-7H2;1-3,9-10H. The molecule has 0 spiro atoms. The van der Waals surface area contributed by atoms with E-state index in [2.05, 4.69) is 39.9 Å². The van der Waals surface area contributed by atoms with Crippen LogP contribution in [-0.2, 0) is 0 Å². The van der Waals surface area contributed by atoms with E-state index >= 15 is 0 Å². The smallest absolute Gasteiger partial charge is 0.490 e. The predicted molar refractivity (Wildman–Crippen MR) is 271 cm³/mol. The zero-order valence-corrected chi connectivity index (χ0v) is 40.6. The molecule has 0 aliphatic carbocycles. The van der Waals surface area contributed by atoms with Gasteiger partial charge in [0.15, 0.2) is 34.4 Å². The lowest BCUT2D eigenvalue weighted by Crippen LogP contribution is -2.30. The predicted octanol–water partition coefficient (Wildman–Crippen LogP) is 8.39. The number of ether oxygens (including phenoxy) is 2. The van der Waals surface area contributed by atoms with Crippen molar-refractivity contribution in [1.29, 1.82) is 0 Å². The SMILES string of the molecule is Fc1ccc2ncn(-c3ncc4nc(-c5ccc(F)nc5)n(C5CCOc6c(F)cccc65)c4n3)c2c1.Fc1ccc2ncn(-c3ncc4nc(Cl)n(C5CCOc6c(F)cccc65)c4n3)c2c1.OB(O)c1ccc(F)nc1. The maximum Gasteiger partial charge on any atom is 0.490 e. The van der Waals surface area contributed by atoms with Crippen LogP contribution in [0.1, 0.15) is 36.1 Å². The third-order valence-corrected chi connectivity index (χ3v) is 13.2. The molecule has 0 bridgehead atoms. The summed E-state index contributed by atoms with van der Waals surface area (Å²) in [5, 5.41) is 17.2. The summed E-state index contributed by atoms with van der Waals surface area (Å²) < 4.78 is 100. The lowest BCUT2D eigenvalue weighted by molar-refractivity contribution is 0.245. The van der Waals surface area contributed by atoms with Gasteiger partial charge < -0.3 is 24.1 Å². The van der Waals surface area contributed by atoms with Gasteiger partial charge in [-0.15, -0.1) is 0 Å². The Morgan fingerprint density at radius 3 is 1.58 bits per heavy atom. The molecule has 0 fully saturated rings. The number of imidazole rings is 4. The first kappa shape index (κ1) is 49.5. The minimum atomic E-state index is -1.58. The van der Waals surface area contributed by atoms with Gasteiger partial charge in [-0.3, -0.25) is 13.7 Å². The van der Waals surface area contributed by atoms with Gasteiger partial charge in [0.2, 0.25) is 29.1 Å². The van der Waals surface area contributed by atoms with Gasteiger partial charge >= 0.3 is 7.12 Å². The van der Waals surface area contributed by atoms with Gasteiger partial charge in [0.1, 0.15) is 41.1 Å². The molecule has 0 radical (unpaired) electrons. The Hall–Kier alpha value is -9.33. The third kappa shape index (κ3) is 9.21. The van der Waals surface area contributed by atoms with Gasteiger partial charge in [-0.1, -0.05) is 30.3 Å². The first-order valence-corrected chi connectivity index (χ1v) is 24.1. The number of hydrogen-bond acceptors (Lipinski definition) is 14. The van der Waals surface area contributed by atoms with E-state index in [1.165, 1.54) is 67.4 Å². The Morgan fingerprint density at radius 1 is 0.526 bits per heavy atom. The minimum Gasteiger partial charge on any atom is -0.490 e. The van der Waals surface area contributed by atoms with Gasteiger partial charge in [0, 0.05) is 59.5 Å². The van der Waals surface area contributed by atoms with Crippen LogP contribution in [0.25, 0.3) is 67.7 Å². The highest BCUT2D eigenvalue weighted by molar-refractivity contribution is 6.58. The molecule has 2 unspecified atom stereocenters. The topological polar surface area (TPSA) is 208 Å². The maximum atomic E-state index is 14.6. The molecule has 14 rings (SSSR count). The van der Waals surface area contributed by atoms with E-state index in [-0.39, 0.29) is 52.7 Å². The van der Waals surface area contributed by atoms with Gasteiger partial charge in [0.25, 0.3) is 0 Å². The van der Waals surface area contributed by atoms with Gasteiger partial charge in [-0.05, 0) is 66.2 Å². The highest BCUT2D eigenvalue weighted by Crippen LogP contribution is 2.42. The summed E-state index contributed by atoms with van der Waals surface area (Å²) in [5.74, 6) is -1.52. The van der Waals surface area contributed by atoms with Gasteiger partial charge in [-0.25, -0.2) is 57.4 Å². The number of benzene rings is 4. The fourth-order valence-corrected chi connectivity index (χ4v) is 9.63. The van der Waals surface area contributed by atoms with Crippen molar-refractivity contribution in [2.24, 2.45) is 0 Å². The fourth-order valence-electron chi connectivity index (χ4n) is 9.34. The van der Waals surface area contributed by atoms with Crippen molar-refractivity contribution in [3.63, 3.8) is 0 Å². The van der Waals surface area contributed by atoms with E-state index in [4.69, 9.17) is 41.1 Å². The number of para-hydroxylation sites is 2. The Labute approximate surface area is 440 Å². The molecule has 4 aromatic carbocycles. The average Bonchev–Trinajstić information content (AvgIpc) is 4.35. The molecule has 10 heterocycles. The molecule has 0 saturated carbocycles. The van der Waals surface area contributed by atoms with Crippen molar-refractivity contribution in [3.8, 4) is 34.8 Å². The number of hydrogen-bond donors (Lipinski definition) is 2. The normalized spacial score (nSPS) is 14.7. The van der Waals surface area contributed by atoms with Crippen molar-refractivity contribution in [2.45, 2.75) is 24.9 Å². The molecule has 0 saturated heterocycles. The number of nitrogens with zero attached hydrogens (tertiary/aromatic N) is 14. The summed E-state index contributed by atoms with van der Waals surface area (Å²) in [7, 11) is -1.58. The van der Waals surface area contributed by atoms with Crippen molar-refractivity contribution in [2.75, 3.05) is 13.2 Å². The molecule has 78 heavy (non-hydrogen) atoms. The number of aromatic nitrogens is 14. The van der Waals surface area contributed by atoms with Crippen molar-refractivity contribution in [3.05, 3.63) is 186 Å². The summed E-state index contributed by atoms with van der Waals surface area (Å²) in [6.45, 7) is 0.612. The van der Waals surface area contributed by atoms with Crippen LogP contribution in [0.5, 0.6) is 11.5 Å². The summed E-state index contributed by atoms with van der Waals surface area (Å²) in [5.41, 5.74) is 6.21. The van der Waals surface area contributed by atoms with Crippen LogP contribution in [0.3, 0.4) is 0 Å². The molecule has 0 amide bonds. The second kappa shape index (κ2) is 20.3. The van der Waals surface area contributed by atoms with Crippen molar-refractivity contribution in [1.82, 2.24) is 68.1 Å². The van der Waals surface area contributed by atoms with Crippen LogP contribution >= 0.6 is 11.6 Å². The fraction of sp³-hybridized carbons (Fsp3) is 0.115. The first-order chi connectivity index (χ1) is 37.9. The van der Waals surface area contributed by atoms with E-state index in [9.17, 15) is 26.3 Å². The highest BCUT2D eigenvalue weighted by Gasteiger charge is 2.32. The summed E-state index contributed by atoms with van der Waals surface area (Å²) in [6, 6.07) is 22.6. The Bertz CT molecular complexity index is 4240. The molecule has 26 heteroatoms. The molecule has 8 aromatic heterocycles. The third-order valence-electron chi connectivity index (χ3n) is 12.9. The molecule has 2 aliphatic heterocycles. The first-order valence-electron chi connectivity index (χ1n) is 23.7. The minimum absolute atomic E-state index is 0.175. The number of rotatable bonds is 6. The largest absolute Gasteiger partial charge is 0.490 e. The molecule has 388 valence electrons. The van der Waals surface area contributed by atoms with Crippen LogP contribution < -0.4 is 14.9 Å². The molecular formula is C52H34BClF6N14O4. The second-order valence-electron chi connectivity index (χ2n) is 17.6. The number of pyridine rings is 2. The van der Waals surface area contributed by atoms with E-state index in [1.54, 1.807) is 68.6 Å². The molecule has 2 aliphatic rings. The van der Waals surface area contributed by atoms with Gasteiger partial charge in [-0.2, -0.15) is 18.7 Å². The van der Waals surface area contributed by atoms with Crippen molar-refractivity contribution >= 4 is 68.6 Å². The Balaban J connectivity index is 0.000000134. The van der Waals surface area contributed by atoms with E-state index in [0.29, 0.717) is 92.3 Å². The molecular weight excluding hydrogens is 1040 g/mol. The van der Waals surface area contributed by atoms with E-state index in [1.807, 2.05) is 4.57 Å². The zero-order valence-electron chi connectivity index (χ0n) is 39.9. The van der Waals surface area contributed by atoms with Crippen molar-refractivity contribution < 1.29 is 45.9 Å². The van der Waals surface area contributed by atoms with E-state index < -0.39 is 36.5 Å². The van der Waals surface area contributed by atoms with Gasteiger partial charge in [0.05, 0.1) is 59.8 Å². The average molecular weight is 1080 g/mol. The summed E-state index contributed by atoms with van der Waals surface area (Å²) in [4.78, 5) is 43.0. The maximum absolute atomic E-state index is 14.6. The molecule has 18 nitrogen and oxygen atoms in total. The Kier molecular flexibility index (Phi) is 12.9. The summed E-state index contributed by atoms with van der Waals surface area (Å²) >= 11 is 6.48. The van der Waals surface area contributed by atoms with Crippen LogP contribution in [-0.4, -0.2) is 98.5 Å². The lowest BCUT2D eigenvalue weighted by atomic mass is 9.82. The monoisotopic (exact) mass is 1080 g/mol. The summed E-state index contributed by atoms with van der Waals surface area (Å²) in [6.07, 6.45) is 9.72. The molecule has 2 atom stereocenters. The molecule has 12 aromatic rings. The van der Waals surface area contributed by atoms with Crippen LogP contribution in [0, 0.1) is 35.2 Å². The second-order valence-corrected chi connectivity index (χ2v) is 17.9. The van der Waals surface area contributed by atoms with Crippen LogP contribution in [0.4, 0.5) is 26.3 Å². The number of fused-ring (bicyclic) bond motifs is 6. The number of halogens is 7. The Morgan fingerprint density at radius 2 is 1.05 bits per heavy atom. The van der Waals surface area contributed by atoms with Crippen LogP contribution in [0.2, 0.25) is 5.28 Å². The zero-order chi connectivity index (χ0) is 53.8. The lowest BCUT2D eigenvalue weighted by Gasteiger charge is -2.28. The van der Waals surface area contributed by atoms with E-state index in [0.717, 1.165) is 12.3 Å². The van der Waals surface area contributed by atoms with Crippen LogP contribution in [0.15, 0.2) is 135 Å². The molecule has 2 N–H and O–H groups in total. The highest BCUT2D eigenvalue weighted by atomic mass is 35.5. The quantitative estimate of drug-likeness (QED) is 0.0694.